The van der Waals surface area contributed by atoms with Gasteiger partial charge in [-0.3, -0.25) is 4.79 Å². The van der Waals surface area contributed by atoms with Crippen molar-refractivity contribution in [3.05, 3.63) is 83.0 Å². The number of pyridine rings is 1. The normalized spacial score (nSPS) is 10.3. The van der Waals surface area contributed by atoms with Gasteiger partial charge in [0.1, 0.15) is 11.6 Å². The van der Waals surface area contributed by atoms with Gasteiger partial charge in [-0.05, 0) is 54.4 Å². The van der Waals surface area contributed by atoms with Gasteiger partial charge in [0.2, 0.25) is 0 Å². The van der Waals surface area contributed by atoms with Crippen LogP contribution in [0.3, 0.4) is 0 Å². The summed E-state index contributed by atoms with van der Waals surface area (Å²) in [6.07, 6.45) is 2.25. The molecule has 0 saturated heterocycles. The first-order valence-corrected chi connectivity index (χ1v) is 8.92. The summed E-state index contributed by atoms with van der Waals surface area (Å²) >= 11 is 5.87. The molecule has 0 aliphatic rings. The highest BCUT2D eigenvalue weighted by Gasteiger charge is 2.07. The van der Waals surface area contributed by atoms with Gasteiger partial charge in [0, 0.05) is 23.5 Å². The van der Waals surface area contributed by atoms with E-state index in [0.717, 1.165) is 17.0 Å². The lowest BCUT2D eigenvalue weighted by Gasteiger charge is -2.09. The molecule has 1 heterocycles. The van der Waals surface area contributed by atoms with Gasteiger partial charge in [-0.1, -0.05) is 29.8 Å². The van der Waals surface area contributed by atoms with Crippen molar-refractivity contribution in [1.82, 2.24) is 10.3 Å². The largest absolute Gasteiger partial charge is 0.496 e. The minimum Gasteiger partial charge on any atom is -0.496 e. The first-order chi connectivity index (χ1) is 13.2. The second kappa shape index (κ2) is 9.05. The molecule has 0 aliphatic heterocycles. The van der Waals surface area contributed by atoms with E-state index >= 15 is 0 Å². The molecule has 2 N–H and O–H groups in total. The zero-order valence-electron chi connectivity index (χ0n) is 14.9. The second-order valence-electron chi connectivity index (χ2n) is 5.88. The van der Waals surface area contributed by atoms with E-state index in [1.54, 1.807) is 37.6 Å². The Morgan fingerprint density at radius 3 is 2.56 bits per heavy atom. The number of benzene rings is 2. The van der Waals surface area contributed by atoms with Crippen molar-refractivity contribution >= 4 is 29.0 Å². The van der Waals surface area contributed by atoms with Crippen molar-refractivity contribution in [3.63, 3.8) is 0 Å². The Morgan fingerprint density at radius 1 is 1.07 bits per heavy atom. The van der Waals surface area contributed by atoms with Crippen molar-refractivity contribution in [1.29, 1.82) is 0 Å². The lowest BCUT2D eigenvalue weighted by Crippen LogP contribution is -2.25. The van der Waals surface area contributed by atoms with Crippen LogP contribution >= 0.6 is 11.6 Å². The summed E-state index contributed by atoms with van der Waals surface area (Å²) in [6.45, 7) is 0.518. The Kier molecular flexibility index (Phi) is 6.28. The lowest BCUT2D eigenvalue weighted by atomic mass is 10.1. The number of hydrogen-bond acceptors (Lipinski definition) is 4. The molecule has 1 amide bonds. The standard InChI is InChI=1S/C21H20ClN3O2/c1-27-19-5-3-2-4-15(19)12-13-23-21(26)16-6-11-20(24-14-16)25-18-9-7-17(22)8-10-18/h2-11,14H,12-13H2,1H3,(H,23,26)(H,24,25). The number of carbonyl (C=O) groups excluding carboxylic acids is 1. The van der Waals surface area contributed by atoms with Crippen LogP contribution in [0, 0.1) is 0 Å². The van der Waals surface area contributed by atoms with E-state index in [9.17, 15) is 4.79 Å². The third-order valence-electron chi connectivity index (χ3n) is 4.01. The quantitative estimate of drug-likeness (QED) is 0.634. The van der Waals surface area contributed by atoms with Gasteiger partial charge in [0.15, 0.2) is 0 Å². The van der Waals surface area contributed by atoms with Crippen molar-refractivity contribution in [2.75, 3.05) is 19.0 Å². The van der Waals surface area contributed by atoms with Crippen LogP contribution in [-0.2, 0) is 6.42 Å². The highest BCUT2D eigenvalue weighted by molar-refractivity contribution is 6.30. The maximum absolute atomic E-state index is 12.3. The van der Waals surface area contributed by atoms with Gasteiger partial charge in [-0.2, -0.15) is 0 Å². The van der Waals surface area contributed by atoms with Gasteiger partial charge in [0.25, 0.3) is 5.91 Å². The summed E-state index contributed by atoms with van der Waals surface area (Å²) in [5.74, 6) is 1.32. The van der Waals surface area contributed by atoms with E-state index in [0.29, 0.717) is 29.4 Å². The molecule has 1 aromatic heterocycles. The highest BCUT2D eigenvalue weighted by atomic mass is 35.5. The smallest absolute Gasteiger partial charge is 0.252 e. The van der Waals surface area contributed by atoms with E-state index in [-0.39, 0.29) is 5.91 Å². The fourth-order valence-electron chi connectivity index (χ4n) is 2.61. The number of amides is 1. The van der Waals surface area contributed by atoms with Crippen LogP contribution in [0.2, 0.25) is 5.02 Å². The number of anilines is 2. The number of carbonyl (C=O) groups is 1. The number of rotatable bonds is 7. The predicted octanol–water partition coefficient (Wildman–Crippen LogP) is 4.46. The molecule has 0 unspecified atom stereocenters. The van der Waals surface area contributed by atoms with Crippen molar-refractivity contribution in [2.24, 2.45) is 0 Å². The third kappa shape index (κ3) is 5.21. The Labute approximate surface area is 163 Å². The number of halogens is 1. The molecule has 0 bridgehead atoms. The number of methoxy groups -OCH3 is 1. The van der Waals surface area contributed by atoms with Gasteiger partial charge >= 0.3 is 0 Å². The Morgan fingerprint density at radius 2 is 1.85 bits per heavy atom. The first kappa shape index (κ1) is 18.7. The van der Waals surface area contributed by atoms with E-state index in [1.165, 1.54) is 0 Å². The summed E-state index contributed by atoms with van der Waals surface area (Å²) in [4.78, 5) is 16.6. The average molecular weight is 382 g/mol. The molecule has 138 valence electrons. The van der Waals surface area contributed by atoms with E-state index in [4.69, 9.17) is 16.3 Å². The number of nitrogens with zero attached hydrogens (tertiary/aromatic N) is 1. The first-order valence-electron chi connectivity index (χ1n) is 8.54. The molecule has 0 radical (unpaired) electrons. The number of hydrogen-bond donors (Lipinski definition) is 2. The topological polar surface area (TPSA) is 63.2 Å². The Balaban J connectivity index is 1.53. The van der Waals surface area contributed by atoms with Crippen LogP contribution in [0.4, 0.5) is 11.5 Å². The lowest BCUT2D eigenvalue weighted by molar-refractivity contribution is 0.0953. The number of nitrogens with one attached hydrogen (secondary N) is 2. The van der Waals surface area contributed by atoms with Crippen molar-refractivity contribution in [2.45, 2.75) is 6.42 Å². The highest BCUT2D eigenvalue weighted by Crippen LogP contribution is 2.18. The summed E-state index contributed by atoms with van der Waals surface area (Å²) in [7, 11) is 1.64. The molecule has 0 saturated carbocycles. The molecule has 3 aromatic rings. The fourth-order valence-corrected chi connectivity index (χ4v) is 2.73. The molecule has 27 heavy (non-hydrogen) atoms. The van der Waals surface area contributed by atoms with Gasteiger partial charge < -0.3 is 15.4 Å². The monoisotopic (exact) mass is 381 g/mol. The Hall–Kier alpha value is -3.05. The predicted molar refractivity (Wildman–Crippen MR) is 108 cm³/mol. The van der Waals surface area contributed by atoms with Gasteiger partial charge in [-0.15, -0.1) is 0 Å². The fraction of sp³-hybridized carbons (Fsp3) is 0.143. The molecule has 0 atom stereocenters. The number of para-hydroxylation sites is 1. The molecule has 5 nitrogen and oxygen atoms in total. The molecular formula is C21H20ClN3O2. The van der Waals surface area contributed by atoms with E-state index < -0.39 is 0 Å². The summed E-state index contributed by atoms with van der Waals surface area (Å²) in [6, 6.07) is 18.6. The van der Waals surface area contributed by atoms with Crippen LogP contribution < -0.4 is 15.4 Å². The minimum absolute atomic E-state index is 0.157. The minimum atomic E-state index is -0.157. The van der Waals surface area contributed by atoms with Gasteiger partial charge in [0.05, 0.1) is 12.7 Å². The van der Waals surface area contributed by atoms with E-state index in [2.05, 4.69) is 15.6 Å². The van der Waals surface area contributed by atoms with Crippen LogP contribution in [0.25, 0.3) is 0 Å². The van der Waals surface area contributed by atoms with Crippen LogP contribution in [0.1, 0.15) is 15.9 Å². The molecule has 2 aromatic carbocycles. The maximum atomic E-state index is 12.3. The van der Waals surface area contributed by atoms with Crippen molar-refractivity contribution in [3.8, 4) is 5.75 Å². The number of aromatic nitrogens is 1. The summed E-state index contributed by atoms with van der Waals surface area (Å²) < 4.78 is 5.32. The molecule has 0 fully saturated rings. The molecule has 6 heteroatoms. The van der Waals surface area contributed by atoms with Gasteiger partial charge in [-0.25, -0.2) is 4.98 Å². The van der Waals surface area contributed by atoms with Crippen LogP contribution in [0.15, 0.2) is 66.9 Å². The average Bonchev–Trinajstić information content (AvgIpc) is 2.70. The molecular weight excluding hydrogens is 362 g/mol. The van der Waals surface area contributed by atoms with Crippen LogP contribution in [0.5, 0.6) is 5.75 Å². The zero-order chi connectivity index (χ0) is 19.1. The molecule has 0 aliphatic carbocycles. The van der Waals surface area contributed by atoms with Crippen molar-refractivity contribution < 1.29 is 9.53 Å². The summed E-state index contributed by atoms with van der Waals surface area (Å²) in [5.41, 5.74) is 2.44. The maximum Gasteiger partial charge on any atom is 0.252 e. The zero-order valence-corrected chi connectivity index (χ0v) is 15.7. The summed E-state index contributed by atoms with van der Waals surface area (Å²) in [5, 5.41) is 6.74. The SMILES string of the molecule is COc1ccccc1CCNC(=O)c1ccc(Nc2ccc(Cl)cc2)nc1. The Bertz CT molecular complexity index is 896. The molecule has 3 rings (SSSR count). The number of ether oxygens (including phenoxy) is 1. The van der Waals surface area contributed by atoms with E-state index in [1.807, 2.05) is 36.4 Å². The third-order valence-corrected chi connectivity index (χ3v) is 4.27. The van der Waals surface area contributed by atoms with Crippen LogP contribution in [-0.4, -0.2) is 24.5 Å². The molecule has 0 spiro atoms. The second-order valence-corrected chi connectivity index (χ2v) is 6.32.